The Kier molecular flexibility index (Phi) is 11.0. The van der Waals surface area contributed by atoms with E-state index in [-0.39, 0.29) is 11.5 Å². The first-order valence-electron chi connectivity index (χ1n) is 9.96. The Labute approximate surface area is 178 Å². The molecule has 0 aliphatic rings. The van der Waals surface area contributed by atoms with E-state index in [0.717, 1.165) is 0 Å². The number of carbonyl (C=O) groups excluding carboxylic acids is 2. The lowest BCUT2D eigenvalue weighted by atomic mass is 10.1. The number of nitrogens with zero attached hydrogens (tertiary/aromatic N) is 2. The number of ether oxygens (including phenoxy) is 3. The number of benzene rings is 1. The lowest BCUT2D eigenvalue weighted by Crippen LogP contribution is -2.35. The van der Waals surface area contributed by atoms with Gasteiger partial charge in [-0.1, -0.05) is 6.07 Å². The first-order valence-corrected chi connectivity index (χ1v) is 9.96. The SMILES string of the molecule is CCOCCCNC(=O)/C(C#N)=C/c1ccc(OC(C)C(=O)N(C)C)c(OCC)c1. The van der Waals surface area contributed by atoms with Crippen molar-refractivity contribution >= 4 is 17.9 Å². The Morgan fingerprint density at radius 2 is 1.97 bits per heavy atom. The maximum atomic E-state index is 12.2. The van der Waals surface area contributed by atoms with Crippen LogP contribution in [0.4, 0.5) is 0 Å². The van der Waals surface area contributed by atoms with Crippen LogP contribution in [0.3, 0.4) is 0 Å². The van der Waals surface area contributed by atoms with E-state index in [4.69, 9.17) is 14.2 Å². The third-order valence-electron chi connectivity index (χ3n) is 3.99. The molecule has 0 aliphatic heterocycles. The monoisotopic (exact) mass is 417 g/mol. The Bertz CT molecular complexity index is 783. The molecule has 1 aromatic rings. The highest BCUT2D eigenvalue weighted by atomic mass is 16.5. The molecule has 0 saturated heterocycles. The number of nitrogens with one attached hydrogen (secondary N) is 1. The van der Waals surface area contributed by atoms with Gasteiger partial charge in [0.2, 0.25) is 0 Å². The van der Waals surface area contributed by atoms with Crippen molar-refractivity contribution in [1.29, 1.82) is 5.26 Å². The predicted molar refractivity (Wildman–Crippen MR) is 114 cm³/mol. The number of nitriles is 1. The third kappa shape index (κ3) is 8.13. The van der Waals surface area contributed by atoms with Crippen LogP contribution in [0.2, 0.25) is 0 Å². The van der Waals surface area contributed by atoms with E-state index >= 15 is 0 Å². The van der Waals surface area contributed by atoms with Gasteiger partial charge in [-0.2, -0.15) is 5.26 Å². The van der Waals surface area contributed by atoms with Crippen LogP contribution >= 0.6 is 0 Å². The number of carbonyl (C=O) groups is 2. The van der Waals surface area contributed by atoms with Gasteiger partial charge in [-0.05, 0) is 51.0 Å². The summed E-state index contributed by atoms with van der Waals surface area (Å²) in [6.07, 6.45) is 1.47. The number of likely N-dealkylation sites (N-methyl/N-ethyl adjacent to an activating group) is 1. The maximum absolute atomic E-state index is 12.2. The Balaban J connectivity index is 2.94. The van der Waals surface area contributed by atoms with E-state index in [2.05, 4.69) is 5.32 Å². The van der Waals surface area contributed by atoms with Gasteiger partial charge >= 0.3 is 0 Å². The summed E-state index contributed by atoms with van der Waals surface area (Å²) in [4.78, 5) is 25.7. The van der Waals surface area contributed by atoms with Gasteiger partial charge in [0.05, 0.1) is 6.61 Å². The van der Waals surface area contributed by atoms with Gasteiger partial charge in [-0.15, -0.1) is 0 Å². The fourth-order valence-corrected chi connectivity index (χ4v) is 2.52. The van der Waals surface area contributed by atoms with Gasteiger partial charge < -0.3 is 24.4 Å². The van der Waals surface area contributed by atoms with Crippen molar-refractivity contribution in [1.82, 2.24) is 10.2 Å². The van der Waals surface area contributed by atoms with E-state index in [0.29, 0.717) is 49.8 Å². The predicted octanol–water partition coefficient (Wildman–Crippen LogP) is 2.39. The second-order valence-electron chi connectivity index (χ2n) is 6.61. The van der Waals surface area contributed by atoms with Gasteiger partial charge in [0.25, 0.3) is 11.8 Å². The minimum atomic E-state index is -0.683. The number of rotatable bonds is 12. The van der Waals surface area contributed by atoms with Crippen molar-refractivity contribution in [2.24, 2.45) is 0 Å². The van der Waals surface area contributed by atoms with Gasteiger partial charge in [0.1, 0.15) is 11.6 Å². The molecule has 1 N–H and O–H groups in total. The van der Waals surface area contributed by atoms with E-state index in [1.54, 1.807) is 39.2 Å². The van der Waals surface area contributed by atoms with Crippen LogP contribution in [0.1, 0.15) is 32.8 Å². The van der Waals surface area contributed by atoms with Crippen LogP contribution in [0.5, 0.6) is 11.5 Å². The Morgan fingerprint density at radius 3 is 2.57 bits per heavy atom. The van der Waals surface area contributed by atoms with Crippen molar-refractivity contribution in [3.05, 3.63) is 29.3 Å². The molecule has 0 aromatic heterocycles. The van der Waals surface area contributed by atoms with Crippen LogP contribution < -0.4 is 14.8 Å². The standard InChI is InChI=1S/C22H31N3O5/c1-6-28-12-8-11-24-21(26)18(15-23)13-17-9-10-19(20(14-17)29-7-2)30-16(3)22(27)25(4)5/h9-10,13-14,16H,6-8,11-12H2,1-5H3,(H,24,26)/b18-13+. The zero-order valence-corrected chi connectivity index (χ0v) is 18.4. The highest BCUT2D eigenvalue weighted by molar-refractivity contribution is 6.01. The van der Waals surface area contributed by atoms with Crippen LogP contribution in [0.15, 0.2) is 23.8 Å². The quantitative estimate of drug-likeness (QED) is 0.318. The summed E-state index contributed by atoms with van der Waals surface area (Å²) >= 11 is 0. The summed E-state index contributed by atoms with van der Waals surface area (Å²) in [6.45, 7) is 7.39. The fourth-order valence-electron chi connectivity index (χ4n) is 2.52. The summed E-state index contributed by atoms with van der Waals surface area (Å²) in [5, 5.41) is 12.1. The van der Waals surface area contributed by atoms with Gasteiger partial charge in [-0.25, -0.2) is 0 Å². The summed E-state index contributed by atoms with van der Waals surface area (Å²) in [6, 6.07) is 6.95. The van der Waals surface area contributed by atoms with Crippen LogP contribution in [0.25, 0.3) is 6.08 Å². The average Bonchev–Trinajstić information content (AvgIpc) is 2.72. The number of hydrogen-bond acceptors (Lipinski definition) is 6. The fraction of sp³-hybridized carbons (Fsp3) is 0.500. The molecule has 2 amide bonds. The molecular formula is C22H31N3O5. The largest absolute Gasteiger partial charge is 0.490 e. The highest BCUT2D eigenvalue weighted by Crippen LogP contribution is 2.30. The smallest absolute Gasteiger partial charge is 0.262 e. The lowest BCUT2D eigenvalue weighted by molar-refractivity contribution is -0.135. The molecule has 0 spiro atoms. The van der Waals surface area contributed by atoms with Crippen molar-refractivity contribution < 1.29 is 23.8 Å². The second-order valence-corrected chi connectivity index (χ2v) is 6.61. The third-order valence-corrected chi connectivity index (χ3v) is 3.99. The minimum absolute atomic E-state index is 0.0151. The zero-order valence-electron chi connectivity index (χ0n) is 18.4. The highest BCUT2D eigenvalue weighted by Gasteiger charge is 2.19. The van der Waals surface area contributed by atoms with Gasteiger partial charge in [0, 0.05) is 33.9 Å². The normalized spacial score (nSPS) is 11.9. The summed E-state index contributed by atoms with van der Waals surface area (Å²) in [7, 11) is 3.32. The molecule has 1 unspecified atom stereocenters. The molecule has 0 heterocycles. The van der Waals surface area contributed by atoms with Crippen molar-refractivity contribution in [3.63, 3.8) is 0 Å². The molecule has 0 fully saturated rings. The Morgan fingerprint density at radius 1 is 1.23 bits per heavy atom. The van der Waals surface area contributed by atoms with E-state index in [1.807, 2.05) is 19.9 Å². The Hall–Kier alpha value is -3.05. The molecule has 0 bridgehead atoms. The molecule has 1 rings (SSSR count). The summed E-state index contributed by atoms with van der Waals surface area (Å²) in [5.41, 5.74) is 0.595. The van der Waals surface area contributed by atoms with E-state index < -0.39 is 12.0 Å². The van der Waals surface area contributed by atoms with Crippen LogP contribution in [0, 0.1) is 11.3 Å². The van der Waals surface area contributed by atoms with E-state index in [1.165, 1.54) is 11.0 Å². The molecule has 0 aliphatic carbocycles. The van der Waals surface area contributed by atoms with Crippen LogP contribution in [-0.4, -0.2) is 63.3 Å². The molecule has 164 valence electrons. The molecule has 8 nitrogen and oxygen atoms in total. The summed E-state index contributed by atoms with van der Waals surface area (Å²) < 4.78 is 16.6. The molecule has 8 heteroatoms. The van der Waals surface area contributed by atoms with Gasteiger partial charge in [-0.3, -0.25) is 9.59 Å². The van der Waals surface area contributed by atoms with Crippen LogP contribution in [-0.2, 0) is 14.3 Å². The number of amides is 2. The second kappa shape index (κ2) is 13.2. The topological polar surface area (TPSA) is 101 Å². The maximum Gasteiger partial charge on any atom is 0.262 e. The summed E-state index contributed by atoms with van der Waals surface area (Å²) in [5.74, 6) is 0.223. The zero-order chi connectivity index (χ0) is 22.5. The average molecular weight is 418 g/mol. The first kappa shape index (κ1) is 25.0. The molecule has 1 atom stereocenters. The lowest BCUT2D eigenvalue weighted by Gasteiger charge is -2.20. The van der Waals surface area contributed by atoms with Crippen molar-refractivity contribution in [2.45, 2.75) is 33.3 Å². The molecular weight excluding hydrogens is 386 g/mol. The first-order chi connectivity index (χ1) is 14.3. The van der Waals surface area contributed by atoms with E-state index in [9.17, 15) is 14.9 Å². The van der Waals surface area contributed by atoms with Gasteiger partial charge in [0.15, 0.2) is 17.6 Å². The minimum Gasteiger partial charge on any atom is -0.490 e. The molecule has 0 saturated carbocycles. The molecule has 0 radical (unpaired) electrons. The van der Waals surface area contributed by atoms with Crippen molar-refractivity contribution in [3.8, 4) is 17.6 Å². The number of hydrogen-bond donors (Lipinski definition) is 1. The molecule has 30 heavy (non-hydrogen) atoms. The van der Waals surface area contributed by atoms with Crippen molar-refractivity contribution in [2.75, 3.05) is 40.5 Å². The molecule has 1 aromatic carbocycles.